The van der Waals surface area contributed by atoms with Gasteiger partial charge in [0, 0.05) is 59.5 Å². The van der Waals surface area contributed by atoms with Crippen LogP contribution in [0.3, 0.4) is 0 Å². The van der Waals surface area contributed by atoms with E-state index in [0.717, 1.165) is 19.6 Å². The summed E-state index contributed by atoms with van der Waals surface area (Å²) in [6.07, 6.45) is 7.34. The van der Waals surface area contributed by atoms with Crippen molar-refractivity contribution in [2.24, 2.45) is 11.8 Å². The van der Waals surface area contributed by atoms with Gasteiger partial charge in [0.2, 0.25) is 17.7 Å². The van der Waals surface area contributed by atoms with Crippen molar-refractivity contribution in [2.75, 3.05) is 72.7 Å². The molecule has 186 valence electrons. The Balaban J connectivity index is 1.46. The van der Waals surface area contributed by atoms with Crippen LogP contribution in [-0.2, 0) is 23.9 Å². The van der Waals surface area contributed by atoms with Crippen LogP contribution in [0.15, 0.2) is 24.3 Å². The number of rotatable bonds is 6. The second kappa shape index (κ2) is 9.41. The van der Waals surface area contributed by atoms with E-state index in [1.54, 1.807) is 21.7 Å². The average molecular weight is 475 g/mol. The highest BCUT2D eigenvalue weighted by Gasteiger charge is 2.71. The van der Waals surface area contributed by atoms with Crippen molar-refractivity contribution in [3.8, 4) is 0 Å². The average Bonchev–Trinajstić information content (AvgIpc) is 3.16. The third-order valence-corrected chi connectivity index (χ3v) is 7.79. The van der Waals surface area contributed by atoms with Gasteiger partial charge in [0.15, 0.2) is 0 Å². The minimum absolute atomic E-state index is 0.0870. The van der Waals surface area contributed by atoms with Gasteiger partial charge in [0.1, 0.15) is 11.6 Å². The summed E-state index contributed by atoms with van der Waals surface area (Å²) in [4.78, 5) is 48.3. The van der Waals surface area contributed by atoms with Crippen LogP contribution >= 0.6 is 0 Å². The highest BCUT2D eigenvalue weighted by atomic mass is 16.5. The molecular weight excluding hydrogens is 440 g/mol. The van der Waals surface area contributed by atoms with Crippen LogP contribution in [0.1, 0.15) is 6.42 Å². The van der Waals surface area contributed by atoms with Crippen molar-refractivity contribution in [1.29, 1.82) is 0 Å². The summed E-state index contributed by atoms with van der Waals surface area (Å²) in [5.74, 6) is -1.97. The van der Waals surface area contributed by atoms with Crippen LogP contribution in [0.2, 0.25) is 0 Å². The normalized spacial score (nSPS) is 35.9. The fourth-order valence-corrected chi connectivity index (χ4v) is 6.08. The van der Waals surface area contributed by atoms with E-state index in [4.69, 9.17) is 9.47 Å². The molecule has 10 heteroatoms. The largest absolute Gasteiger partial charge is 0.396 e. The fourth-order valence-electron chi connectivity index (χ4n) is 6.08. The smallest absolute Gasteiger partial charge is 0.249 e. The van der Waals surface area contributed by atoms with Gasteiger partial charge in [0.25, 0.3) is 0 Å². The second-order valence-corrected chi connectivity index (χ2v) is 9.74. The summed E-state index contributed by atoms with van der Waals surface area (Å²) >= 11 is 0. The molecule has 1 unspecified atom stereocenters. The lowest BCUT2D eigenvalue weighted by Crippen LogP contribution is -2.56. The summed E-state index contributed by atoms with van der Waals surface area (Å²) in [6, 6.07) is -0.849. The molecule has 1 spiro atoms. The summed E-state index contributed by atoms with van der Waals surface area (Å²) in [7, 11) is 1.72. The molecule has 0 bridgehead atoms. The quantitative estimate of drug-likeness (QED) is 0.478. The standard InChI is InChI=1S/C24H34N4O6/c1-25-7-2-5-17-18(21(25)30)19-22(31)28(9-4-14-29)20-23(32)27(8-3-6-24(19,20)34-17)11-10-26-12-15-33-16-13-26/h2-3,5-6,17-20,29H,4,7-16H2,1H3/t17-,18+,19+,20?,24+/m1/s1. The van der Waals surface area contributed by atoms with E-state index in [-0.39, 0.29) is 30.9 Å². The molecule has 5 rings (SSSR count). The Bertz CT molecular complexity index is 887. The fraction of sp³-hybridized carbons (Fsp3) is 0.708. The van der Waals surface area contributed by atoms with E-state index in [9.17, 15) is 19.5 Å². The molecule has 5 heterocycles. The number of nitrogens with zero attached hydrogens (tertiary/aromatic N) is 4. The van der Waals surface area contributed by atoms with Crippen molar-refractivity contribution in [2.45, 2.75) is 24.2 Å². The first-order valence-corrected chi connectivity index (χ1v) is 12.3. The molecular formula is C24H34N4O6. The number of aliphatic hydroxyl groups is 1. The van der Waals surface area contributed by atoms with E-state index in [1.165, 1.54) is 0 Å². The van der Waals surface area contributed by atoms with Gasteiger partial charge in [-0.05, 0) is 6.42 Å². The molecule has 0 aromatic carbocycles. The summed E-state index contributed by atoms with van der Waals surface area (Å²) in [5, 5.41) is 9.45. The lowest BCUT2D eigenvalue weighted by atomic mass is 9.77. The van der Waals surface area contributed by atoms with Gasteiger partial charge in [-0.1, -0.05) is 24.3 Å². The zero-order chi connectivity index (χ0) is 23.9. The lowest BCUT2D eigenvalue weighted by molar-refractivity contribution is -0.148. The van der Waals surface area contributed by atoms with Crippen molar-refractivity contribution in [3.05, 3.63) is 24.3 Å². The van der Waals surface area contributed by atoms with E-state index in [0.29, 0.717) is 39.3 Å². The van der Waals surface area contributed by atoms with Crippen molar-refractivity contribution in [3.63, 3.8) is 0 Å². The van der Waals surface area contributed by atoms with E-state index in [1.807, 2.05) is 24.3 Å². The molecule has 0 saturated carbocycles. The Morgan fingerprint density at radius 1 is 1.03 bits per heavy atom. The molecule has 34 heavy (non-hydrogen) atoms. The number of fused-ring (bicyclic) bond motifs is 2. The third kappa shape index (κ3) is 3.77. The summed E-state index contributed by atoms with van der Waals surface area (Å²) < 4.78 is 12.0. The van der Waals surface area contributed by atoms with E-state index < -0.39 is 29.6 Å². The highest BCUT2D eigenvalue weighted by molar-refractivity contribution is 5.99. The van der Waals surface area contributed by atoms with E-state index in [2.05, 4.69) is 4.90 Å². The van der Waals surface area contributed by atoms with Crippen LogP contribution in [0.25, 0.3) is 0 Å². The first-order chi connectivity index (χ1) is 16.5. The van der Waals surface area contributed by atoms with Gasteiger partial charge in [-0.25, -0.2) is 0 Å². The molecule has 3 fully saturated rings. The third-order valence-electron chi connectivity index (χ3n) is 7.79. The minimum atomic E-state index is -1.19. The number of hydrogen-bond donors (Lipinski definition) is 1. The van der Waals surface area contributed by atoms with Crippen LogP contribution in [0.4, 0.5) is 0 Å². The number of aliphatic hydroxyl groups excluding tert-OH is 1. The van der Waals surface area contributed by atoms with Crippen LogP contribution in [0, 0.1) is 11.8 Å². The first kappa shape index (κ1) is 23.5. The van der Waals surface area contributed by atoms with Gasteiger partial charge in [-0.15, -0.1) is 0 Å². The number of carbonyl (C=O) groups excluding carboxylic acids is 3. The van der Waals surface area contributed by atoms with Gasteiger partial charge in [-0.2, -0.15) is 0 Å². The molecule has 1 N–H and O–H groups in total. The molecule has 0 aromatic rings. The molecule has 5 aliphatic rings. The molecule has 10 nitrogen and oxygen atoms in total. The number of hydrogen-bond acceptors (Lipinski definition) is 7. The van der Waals surface area contributed by atoms with Gasteiger partial charge in [0.05, 0.1) is 31.2 Å². The van der Waals surface area contributed by atoms with Crippen molar-refractivity contribution < 1.29 is 29.0 Å². The van der Waals surface area contributed by atoms with Gasteiger partial charge < -0.3 is 29.3 Å². The number of ether oxygens (including phenoxy) is 2. The zero-order valence-electron chi connectivity index (χ0n) is 19.7. The first-order valence-electron chi connectivity index (χ1n) is 12.3. The predicted octanol–water partition coefficient (Wildman–Crippen LogP) is -1.29. The van der Waals surface area contributed by atoms with Crippen LogP contribution in [0.5, 0.6) is 0 Å². The molecule has 0 radical (unpaired) electrons. The SMILES string of the molecule is CN1CC=C[C@H]2O[C@]34C=CCN(CCN5CCOCC5)C(=O)C3N(CCCO)C(=O)[C@@H]4[C@H]2C1=O. The number of likely N-dealkylation sites (tertiary alicyclic amines) is 1. The topological polar surface area (TPSA) is 103 Å². The Hall–Kier alpha value is -2.27. The molecule has 5 atom stereocenters. The summed E-state index contributed by atoms with van der Waals surface area (Å²) in [6.45, 7) is 5.38. The monoisotopic (exact) mass is 474 g/mol. The van der Waals surface area contributed by atoms with E-state index >= 15 is 0 Å². The molecule has 3 saturated heterocycles. The number of carbonyl (C=O) groups is 3. The van der Waals surface area contributed by atoms with Crippen molar-refractivity contribution in [1.82, 2.24) is 19.6 Å². The lowest BCUT2D eigenvalue weighted by Gasteiger charge is -2.36. The predicted molar refractivity (Wildman–Crippen MR) is 122 cm³/mol. The number of likely N-dealkylation sites (N-methyl/N-ethyl adjacent to an activating group) is 1. The number of morpholine rings is 1. The maximum Gasteiger partial charge on any atom is 0.249 e. The molecule has 3 amide bonds. The maximum absolute atomic E-state index is 14.0. The van der Waals surface area contributed by atoms with Crippen LogP contribution < -0.4 is 0 Å². The van der Waals surface area contributed by atoms with Gasteiger partial charge >= 0.3 is 0 Å². The molecule has 0 aliphatic carbocycles. The highest BCUT2D eigenvalue weighted by Crippen LogP contribution is 2.53. The van der Waals surface area contributed by atoms with Crippen molar-refractivity contribution >= 4 is 17.7 Å². The molecule has 0 aromatic heterocycles. The van der Waals surface area contributed by atoms with Crippen LogP contribution in [-0.4, -0.2) is 133 Å². The maximum atomic E-state index is 14.0. The minimum Gasteiger partial charge on any atom is -0.396 e. The molecule has 5 aliphatic heterocycles. The number of amides is 3. The Morgan fingerprint density at radius 3 is 2.59 bits per heavy atom. The second-order valence-electron chi connectivity index (χ2n) is 9.74. The zero-order valence-corrected chi connectivity index (χ0v) is 19.7. The summed E-state index contributed by atoms with van der Waals surface area (Å²) in [5.41, 5.74) is -1.19. The Morgan fingerprint density at radius 2 is 1.82 bits per heavy atom. The van der Waals surface area contributed by atoms with Gasteiger partial charge in [-0.3, -0.25) is 19.3 Å². The Kier molecular flexibility index (Phi) is 6.49. The Labute approximate surface area is 199 Å².